The summed E-state index contributed by atoms with van der Waals surface area (Å²) < 4.78 is 0. The van der Waals surface area contributed by atoms with Crippen LogP contribution in [0.15, 0.2) is 42.0 Å². The number of carboxylic acids is 1. The van der Waals surface area contributed by atoms with E-state index in [-0.39, 0.29) is 18.9 Å². The number of rotatable bonds is 6. The van der Waals surface area contributed by atoms with Gasteiger partial charge in [-0.25, -0.2) is 0 Å². The molecular weight excluding hydrogens is 276 g/mol. The fourth-order valence-electron chi connectivity index (χ4n) is 1.75. The lowest BCUT2D eigenvalue weighted by molar-refractivity contribution is -0.137. The standard InChI is InChI=1S/C14H14N2O3S/c17-13(18)5-7-16(10-11-3-1-6-15-9-11)14(19)12-4-2-8-20-12/h1-4,6,8-9H,5,7,10H2,(H,17,18). The zero-order valence-electron chi connectivity index (χ0n) is 10.7. The number of aromatic nitrogens is 1. The number of hydrogen-bond donors (Lipinski definition) is 1. The highest BCUT2D eigenvalue weighted by molar-refractivity contribution is 7.12. The van der Waals surface area contributed by atoms with E-state index in [2.05, 4.69) is 4.98 Å². The van der Waals surface area contributed by atoms with E-state index < -0.39 is 5.97 Å². The third-order valence-corrected chi connectivity index (χ3v) is 3.57. The molecular formula is C14H14N2O3S. The van der Waals surface area contributed by atoms with Gasteiger partial charge in [0.05, 0.1) is 11.3 Å². The first kappa shape index (κ1) is 14.2. The molecule has 20 heavy (non-hydrogen) atoms. The topological polar surface area (TPSA) is 70.5 Å². The lowest BCUT2D eigenvalue weighted by Crippen LogP contribution is -2.32. The molecule has 0 aromatic carbocycles. The Morgan fingerprint density at radius 1 is 1.30 bits per heavy atom. The first-order valence-electron chi connectivity index (χ1n) is 6.10. The van der Waals surface area contributed by atoms with E-state index in [4.69, 9.17) is 5.11 Å². The Bertz CT molecular complexity index is 569. The van der Waals surface area contributed by atoms with Crippen LogP contribution < -0.4 is 0 Å². The summed E-state index contributed by atoms with van der Waals surface area (Å²) in [7, 11) is 0. The summed E-state index contributed by atoms with van der Waals surface area (Å²) >= 11 is 1.35. The number of nitrogens with zero attached hydrogens (tertiary/aromatic N) is 2. The molecule has 0 aliphatic rings. The summed E-state index contributed by atoms with van der Waals surface area (Å²) in [5, 5.41) is 10.6. The van der Waals surface area contributed by atoms with Crippen LogP contribution in [-0.4, -0.2) is 33.4 Å². The number of carbonyl (C=O) groups is 2. The molecule has 2 heterocycles. The molecule has 0 radical (unpaired) electrons. The largest absolute Gasteiger partial charge is 0.481 e. The number of carboxylic acid groups (broad SMARTS) is 1. The van der Waals surface area contributed by atoms with E-state index in [1.165, 1.54) is 16.2 Å². The van der Waals surface area contributed by atoms with Gasteiger partial charge in [-0.1, -0.05) is 12.1 Å². The van der Waals surface area contributed by atoms with Crippen LogP contribution in [0.5, 0.6) is 0 Å². The Morgan fingerprint density at radius 2 is 2.15 bits per heavy atom. The lowest BCUT2D eigenvalue weighted by atomic mass is 10.2. The second kappa shape index (κ2) is 6.81. The number of thiophene rings is 1. The molecule has 0 saturated heterocycles. The molecule has 0 unspecified atom stereocenters. The van der Waals surface area contributed by atoms with Crippen molar-refractivity contribution in [3.8, 4) is 0 Å². The summed E-state index contributed by atoms with van der Waals surface area (Å²) in [6.07, 6.45) is 3.26. The van der Waals surface area contributed by atoms with Crippen LogP contribution >= 0.6 is 11.3 Å². The van der Waals surface area contributed by atoms with Gasteiger partial charge in [0.2, 0.25) is 0 Å². The number of amides is 1. The van der Waals surface area contributed by atoms with Gasteiger partial charge in [-0.2, -0.15) is 0 Å². The van der Waals surface area contributed by atoms with E-state index in [1.807, 2.05) is 11.4 Å². The molecule has 2 aromatic rings. The minimum atomic E-state index is -0.917. The third kappa shape index (κ3) is 3.89. The summed E-state index contributed by atoms with van der Waals surface area (Å²) in [5.41, 5.74) is 0.878. The molecule has 2 aromatic heterocycles. The summed E-state index contributed by atoms with van der Waals surface area (Å²) in [6.45, 7) is 0.540. The van der Waals surface area contributed by atoms with Gasteiger partial charge < -0.3 is 10.0 Å². The fraction of sp³-hybridized carbons (Fsp3) is 0.214. The molecule has 0 aliphatic carbocycles. The van der Waals surface area contributed by atoms with Crippen molar-refractivity contribution in [1.29, 1.82) is 0 Å². The van der Waals surface area contributed by atoms with Crippen LogP contribution in [-0.2, 0) is 11.3 Å². The predicted molar refractivity (Wildman–Crippen MR) is 75.5 cm³/mol. The first-order valence-corrected chi connectivity index (χ1v) is 6.98. The lowest BCUT2D eigenvalue weighted by Gasteiger charge is -2.21. The predicted octanol–water partition coefficient (Wildman–Crippen LogP) is 2.26. The van der Waals surface area contributed by atoms with Crippen LogP contribution in [0, 0.1) is 0 Å². The molecule has 2 rings (SSSR count). The number of aliphatic carboxylic acids is 1. The minimum absolute atomic E-state index is 0.0720. The van der Waals surface area contributed by atoms with Crippen molar-refractivity contribution in [2.45, 2.75) is 13.0 Å². The Hall–Kier alpha value is -2.21. The molecule has 5 nitrogen and oxygen atoms in total. The molecule has 0 aliphatic heterocycles. The summed E-state index contributed by atoms with van der Waals surface area (Å²) in [5.74, 6) is -1.06. The second-order valence-corrected chi connectivity index (χ2v) is 5.16. The number of hydrogen-bond acceptors (Lipinski definition) is 4. The maximum absolute atomic E-state index is 12.3. The SMILES string of the molecule is O=C(O)CCN(Cc1cccnc1)C(=O)c1cccs1. The van der Waals surface area contributed by atoms with E-state index in [9.17, 15) is 9.59 Å². The van der Waals surface area contributed by atoms with Crippen molar-refractivity contribution in [3.63, 3.8) is 0 Å². The molecule has 1 amide bonds. The van der Waals surface area contributed by atoms with Crippen molar-refractivity contribution >= 4 is 23.2 Å². The van der Waals surface area contributed by atoms with Gasteiger partial charge >= 0.3 is 5.97 Å². The van der Waals surface area contributed by atoms with Gasteiger partial charge in [0, 0.05) is 25.5 Å². The molecule has 0 atom stereocenters. The highest BCUT2D eigenvalue weighted by atomic mass is 32.1. The smallest absolute Gasteiger partial charge is 0.305 e. The molecule has 6 heteroatoms. The Kier molecular flexibility index (Phi) is 4.84. The average Bonchev–Trinajstić information content (AvgIpc) is 2.97. The molecule has 0 saturated carbocycles. The monoisotopic (exact) mass is 290 g/mol. The first-order chi connectivity index (χ1) is 9.66. The van der Waals surface area contributed by atoms with Gasteiger partial charge in [-0.3, -0.25) is 14.6 Å². The van der Waals surface area contributed by atoms with E-state index in [0.717, 1.165) is 5.56 Å². The Balaban J connectivity index is 2.12. The van der Waals surface area contributed by atoms with Gasteiger partial charge in [0.1, 0.15) is 0 Å². The van der Waals surface area contributed by atoms with Crippen molar-refractivity contribution in [3.05, 3.63) is 52.5 Å². The number of carbonyl (C=O) groups excluding carboxylic acids is 1. The molecule has 0 bridgehead atoms. The maximum Gasteiger partial charge on any atom is 0.305 e. The van der Waals surface area contributed by atoms with Gasteiger partial charge in [-0.05, 0) is 23.1 Å². The highest BCUT2D eigenvalue weighted by Gasteiger charge is 2.18. The maximum atomic E-state index is 12.3. The van der Waals surface area contributed by atoms with Gasteiger partial charge in [0.15, 0.2) is 0 Å². The third-order valence-electron chi connectivity index (χ3n) is 2.71. The quantitative estimate of drug-likeness (QED) is 0.886. The zero-order valence-corrected chi connectivity index (χ0v) is 11.5. The van der Waals surface area contributed by atoms with E-state index >= 15 is 0 Å². The Morgan fingerprint density at radius 3 is 2.75 bits per heavy atom. The van der Waals surface area contributed by atoms with Crippen LogP contribution in [0.1, 0.15) is 21.7 Å². The number of pyridine rings is 1. The summed E-state index contributed by atoms with van der Waals surface area (Å²) in [6, 6.07) is 7.20. The highest BCUT2D eigenvalue weighted by Crippen LogP contribution is 2.14. The van der Waals surface area contributed by atoms with Gasteiger partial charge in [-0.15, -0.1) is 11.3 Å². The van der Waals surface area contributed by atoms with E-state index in [0.29, 0.717) is 11.4 Å². The average molecular weight is 290 g/mol. The van der Waals surface area contributed by atoms with Crippen LogP contribution in [0.4, 0.5) is 0 Å². The van der Waals surface area contributed by atoms with Crippen molar-refractivity contribution in [2.75, 3.05) is 6.54 Å². The van der Waals surface area contributed by atoms with E-state index in [1.54, 1.807) is 30.6 Å². The Labute approximate surface area is 120 Å². The van der Waals surface area contributed by atoms with Gasteiger partial charge in [0.25, 0.3) is 5.91 Å². The van der Waals surface area contributed by atoms with Crippen molar-refractivity contribution in [1.82, 2.24) is 9.88 Å². The van der Waals surface area contributed by atoms with Crippen LogP contribution in [0.3, 0.4) is 0 Å². The van der Waals surface area contributed by atoms with Crippen molar-refractivity contribution in [2.24, 2.45) is 0 Å². The normalized spacial score (nSPS) is 10.2. The van der Waals surface area contributed by atoms with Crippen LogP contribution in [0.2, 0.25) is 0 Å². The second-order valence-electron chi connectivity index (χ2n) is 4.21. The van der Waals surface area contributed by atoms with Crippen molar-refractivity contribution < 1.29 is 14.7 Å². The molecule has 0 fully saturated rings. The van der Waals surface area contributed by atoms with Crippen LogP contribution in [0.25, 0.3) is 0 Å². The fourth-order valence-corrected chi connectivity index (χ4v) is 2.44. The zero-order chi connectivity index (χ0) is 14.4. The summed E-state index contributed by atoms with van der Waals surface area (Å²) in [4.78, 5) is 29.2. The molecule has 1 N–H and O–H groups in total. The molecule has 104 valence electrons. The minimum Gasteiger partial charge on any atom is -0.481 e. The molecule has 0 spiro atoms.